The van der Waals surface area contributed by atoms with Crippen molar-refractivity contribution in [3.05, 3.63) is 71.8 Å². The molecule has 0 aromatic heterocycles. The standard InChI is InChI=1S/C21H14F3NO/c1-2-12-25-20(26)16-8-11-19-15(13-16)4-3-5-18(19)14-6-9-17(10-7-14)21(22,23)24/h1,3-11,13H,12H2,(H,25,26). The highest BCUT2D eigenvalue weighted by Gasteiger charge is 2.30. The van der Waals surface area contributed by atoms with Gasteiger partial charge in [-0.15, -0.1) is 6.42 Å². The molecule has 26 heavy (non-hydrogen) atoms. The summed E-state index contributed by atoms with van der Waals surface area (Å²) in [6, 6.07) is 15.7. The van der Waals surface area contributed by atoms with Gasteiger partial charge < -0.3 is 5.32 Å². The van der Waals surface area contributed by atoms with Crippen LogP contribution in [0.5, 0.6) is 0 Å². The van der Waals surface area contributed by atoms with Gasteiger partial charge in [-0.05, 0) is 46.2 Å². The normalized spacial score (nSPS) is 11.2. The first-order valence-corrected chi connectivity index (χ1v) is 7.82. The van der Waals surface area contributed by atoms with Crippen LogP contribution >= 0.6 is 0 Å². The number of carbonyl (C=O) groups is 1. The summed E-state index contributed by atoms with van der Waals surface area (Å²) in [5, 5.41) is 4.26. The number of nitrogens with one attached hydrogen (secondary N) is 1. The molecule has 0 fully saturated rings. The zero-order chi connectivity index (χ0) is 18.7. The van der Waals surface area contributed by atoms with E-state index in [1.165, 1.54) is 12.1 Å². The third kappa shape index (κ3) is 3.55. The van der Waals surface area contributed by atoms with Crippen molar-refractivity contribution in [1.29, 1.82) is 0 Å². The molecule has 2 nitrogen and oxygen atoms in total. The fourth-order valence-corrected chi connectivity index (χ4v) is 2.75. The van der Waals surface area contributed by atoms with Crippen molar-refractivity contribution >= 4 is 16.7 Å². The molecule has 0 heterocycles. The third-order valence-electron chi connectivity index (χ3n) is 4.02. The number of hydrogen-bond donors (Lipinski definition) is 1. The molecule has 0 aliphatic heterocycles. The summed E-state index contributed by atoms with van der Waals surface area (Å²) >= 11 is 0. The highest BCUT2D eigenvalue weighted by molar-refractivity contribution is 6.02. The third-order valence-corrected chi connectivity index (χ3v) is 4.02. The van der Waals surface area contributed by atoms with Crippen molar-refractivity contribution in [2.75, 3.05) is 6.54 Å². The van der Waals surface area contributed by atoms with Crippen LogP contribution in [0.15, 0.2) is 60.7 Å². The summed E-state index contributed by atoms with van der Waals surface area (Å²) in [5.74, 6) is 2.07. The number of rotatable bonds is 3. The Morgan fingerprint density at radius 1 is 1.04 bits per heavy atom. The maximum Gasteiger partial charge on any atom is 0.416 e. The monoisotopic (exact) mass is 353 g/mol. The highest BCUT2D eigenvalue weighted by atomic mass is 19.4. The first kappa shape index (κ1) is 17.6. The Kier molecular flexibility index (Phi) is 4.68. The van der Waals surface area contributed by atoms with Crippen LogP contribution in [-0.4, -0.2) is 12.5 Å². The largest absolute Gasteiger partial charge is 0.416 e. The summed E-state index contributed by atoms with van der Waals surface area (Å²) in [5.41, 5.74) is 1.26. The molecule has 0 saturated heterocycles. The smallest absolute Gasteiger partial charge is 0.341 e. The molecule has 0 unspecified atom stereocenters. The minimum absolute atomic E-state index is 0.141. The quantitative estimate of drug-likeness (QED) is 0.668. The van der Waals surface area contributed by atoms with Crippen molar-refractivity contribution in [3.8, 4) is 23.5 Å². The molecule has 0 aliphatic carbocycles. The van der Waals surface area contributed by atoms with Crippen LogP contribution < -0.4 is 5.32 Å². The van der Waals surface area contributed by atoms with E-state index in [2.05, 4.69) is 11.2 Å². The molecule has 0 radical (unpaired) electrons. The van der Waals surface area contributed by atoms with E-state index in [0.717, 1.165) is 28.5 Å². The molecule has 3 aromatic carbocycles. The molecule has 0 atom stereocenters. The van der Waals surface area contributed by atoms with Gasteiger partial charge in [0, 0.05) is 5.56 Å². The van der Waals surface area contributed by atoms with Gasteiger partial charge in [0.1, 0.15) is 0 Å². The van der Waals surface area contributed by atoms with E-state index in [1.54, 1.807) is 24.3 Å². The highest BCUT2D eigenvalue weighted by Crippen LogP contribution is 2.33. The number of amides is 1. The number of halogens is 3. The van der Waals surface area contributed by atoms with Crippen molar-refractivity contribution in [3.63, 3.8) is 0 Å². The Morgan fingerprint density at radius 2 is 1.77 bits per heavy atom. The predicted octanol–water partition coefficient (Wildman–Crippen LogP) is 4.89. The molecule has 3 aromatic rings. The Hall–Kier alpha value is -3.26. The maximum atomic E-state index is 12.7. The molecule has 5 heteroatoms. The van der Waals surface area contributed by atoms with Crippen molar-refractivity contribution in [2.24, 2.45) is 0 Å². The summed E-state index contributed by atoms with van der Waals surface area (Å²) in [4.78, 5) is 12.0. The molecule has 1 amide bonds. The van der Waals surface area contributed by atoms with Gasteiger partial charge in [0.25, 0.3) is 5.91 Å². The minimum Gasteiger partial charge on any atom is -0.341 e. The summed E-state index contributed by atoms with van der Waals surface area (Å²) in [6.07, 6.45) is 0.769. The molecule has 0 aliphatic rings. The van der Waals surface area contributed by atoms with Crippen molar-refractivity contribution < 1.29 is 18.0 Å². The molecule has 0 bridgehead atoms. The number of hydrogen-bond acceptors (Lipinski definition) is 1. The van der Waals surface area contributed by atoms with Crippen LogP contribution in [0.2, 0.25) is 0 Å². The van der Waals surface area contributed by atoms with Crippen LogP contribution in [-0.2, 0) is 6.18 Å². The fraction of sp³-hybridized carbons (Fsp3) is 0.0952. The van der Waals surface area contributed by atoms with Crippen LogP contribution in [0, 0.1) is 12.3 Å². The van der Waals surface area contributed by atoms with E-state index in [4.69, 9.17) is 6.42 Å². The topological polar surface area (TPSA) is 29.1 Å². The lowest BCUT2D eigenvalue weighted by Gasteiger charge is -2.11. The summed E-state index contributed by atoms with van der Waals surface area (Å²) in [7, 11) is 0. The van der Waals surface area contributed by atoms with E-state index in [1.807, 2.05) is 12.1 Å². The lowest BCUT2D eigenvalue weighted by atomic mass is 9.96. The fourth-order valence-electron chi connectivity index (χ4n) is 2.75. The lowest BCUT2D eigenvalue weighted by molar-refractivity contribution is -0.137. The molecule has 0 saturated carbocycles. The van der Waals surface area contributed by atoms with Gasteiger partial charge in [0.05, 0.1) is 12.1 Å². The van der Waals surface area contributed by atoms with Crippen molar-refractivity contribution in [1.82, 2.24) is 5.32 Å². The second-order valence-corrected chi connectivity index (χ2v) is 5.70. The van der Waals surface area contributed by atoms with Gasteiger partial charge in [-0.1, -0.05) is 42.3 Å². The number of carbonyl (C=O) groups excluding carboxylic acids is 1. The van der Waals surface area contributed by atoms with Crippen LogP contribution in [0.1, 0.15) is 15.9 Å². The van der Waals surface area contributed by atoms with Gasteiger partial charge in [-0.25, -0.2) is 0 Å². The number of terminal acetylenes is 1. The zero-order valence-corrected chi connectivity index (χ0v) is 13.6. The molecule has 1 N–H and O–H groups in total. The summed E-state index contributed by atoms with van der Waals surface area (Å²) in [6.45, 7) is 0.141. The Balaban J connectivity index is 2.00. The predicted molar refractivity (Wildman–Crippen MR) is 95.6 cm³/mol. The first-order chi connectivity index (χ1) is 12.4. The molecule has 0 spiro atoms. The Bertz CT molecular complexity index is 998. The van der Waals surface area contributed by atoms with Gasteiger partial charge in [-0.3, -0.25) is 4.79 Å². The minimum atomic E-state index is -4.36. The van der Waals surface area contributed by atoms with E-state index in [-0.39, 0.29) is 12.5 Å². The van der Waals surface area contributed by atoms with E-state index >= 15 is 0 Å². The van der Waals surface area contributed by atoms with Crippen LogP contribution in [0.25, 0.3) is 21.9 Å². The SMILES string of the molecule is C#CCNC(=O)c1ccc2c(-c3ccc(C(F)(F)F)cc3)cccc2c1. The van der Waals surface area contributed by atoms with E-state index < -0.39 is 11.7 Å². The molecule has 130 valence electrons. The van der Waals surface area contributed by atoms with Crippen LogP contribution in [0.3, 0.4) is 0 Å². The second-order valence-electron chi connectivity index (χ2n) is 5.70. The number of benzene rings is 3. The Labute approximate surface area is 148 Å². The lowest BCUT2D eigenvalue weighted by Crippen LogP contribution is -2.23. The molecular weight excluding hydrogens is 339 g/mol. The van der Waals surface area contributed by atoms with Crippen LogP contribution in [0.4, 0.5) is 13.2 Å². The van der Waals surface area contributed by atoms with Gasteiger partial charge in [0.15, 0.2) is 0 Å². The number of fused-ring (bicyclic) bond motifs is 1. The average Bonchev–Trinajstić information content (AvgIpc) is 2.64. The van der Waals surface area contributed by atoms with E-state index in [9.17, 15) is 18.0 Å². The maximum absolute atomic E-state index is 12.7. The second kappa shape index (κ2) is 6.93. The Morgan fingerprint density at radius 3 is 2.42 bits per heavy atom. The van der Waals surface area contributed by atoms with Gasteiger partial charge >= 0.3 is 6.18 Å². The van der Waals surface area contributed by atoms with Crippen molar-refractivity contribution in [2.45, 2.75) is 6.18 Å². The van der Waals surface area contributed by atoms with Gasteiger partial charge in [0.2, 0.25) is 0 Å². The molecule has 3 rings (SSSR count). The van der Waals surface area contributed by atoms with Gasteiger partial charge in [-0.2, -0.15) is 13.2 Å². The first-order valence-electron chi connectivity index (χ1n) is 7.82. The zero-order valence-electron chi connectivity index (χ0n) is 13.6. The number of alkyl halides is 3. The van der Waals surface area contributed by atoms with E-state index in [0.29, 0.717) is 11.1 Å². The summed E-state index contributed by atoms with van der Waals surface area (Å²) < 4.78 is 38.2. The average molecular weight is 353 g/mol. The molecular formula is C21H14F3NO.